The fourth-order valence-corrected chi connectivity index (χ4v) is 2.19. The topological polar surface area (TPSA) is 59.2 Å². The highest BCUT2D eigenvalue weighted by molar-refractivity contribution is 7.80. The number of likely N-dealkylation sites (N-methyl/N-ethyl adjacent to an activating group) is 1. The van der Waals surface area contributed by atoms with E-state index in [1.54, 1.807) is 13.1 Å². The molecule has 1 aromatic carbocycles. The van der Waals surface area contributed by atoms with Crippen molar-refractivity contribution in [2.45, 2.75) is 6.92 Å². The maximum atomic E-state index is 12.4. The fourth-order valence-electron chi connectivity index (χ4n) is 2.00. The predicted octanol–water partition coefficient (Wildman–Crippen LogP) is 1.90. The van der Waals surface area contributed by atoms with Crippen molar-refractivity contribution >= 4 is 34.0 Å². The summed E-state index contributed by atoms with van der Waals surface area (Å²) in [4.78, 5) is 18.7. The molecule has 0 spiro atoms. The van der Waals surface area contributed by atoms with E-state index in [1.807, 2.05) is 31.2 Å². The monoisotopic (exact) mass is 273 g/mol. The predicted molar refractivity (Wildman–Crippen MR) is 80.2 cm³/mol. The van der Waals surface area contributed by atoms with E-state index in [4.69, 9.17) is 18.0 Å². The van der Waals surface area contributed by atoms with Gasteiger partial charge in [-0.25, -0.2) is 0 Å². The number of carbonyl (C=O) groups excluding carboxylic acids is 1. The third-order valence-electron chi connectivity index (χ3n) is 2.81. The summed E-state index contributed by atoms with van der Waals surface area (Å²) < 4.78 is 0. The van der Waals surface area contributed by atoms with Crippen molar-refractivity contribution in [1.29, 1.82) is 0 Å². The highest BCUT2D eigenvalue weighted by Gasteiger charge is 2.16. The van der Waals surface area contributed by atoms with Gasteiger partial charge >= 0.3 is 0 Å². The summed E-state index contributed by atoms with van der Waals surface area (Å²) in [5.41, 5.74) is 7.73. The SMILES string of the molecule is Cc1cc(C(=O)N(C)CC(N)=S)c2ccccc2n1. The molecule has 0 bridgehead atoms. The van der Waals surface area contributed by atoms with Gasteiger partial charge in [-0.1, -0.05) is 30.4 Å². The van der Waals surface area contributed by atoms with Gasteiger partial charge in [0, 0.05) is 18.1 Å². The number of hydrogen-bond acceptors (Lipinski definition) is 3. The number of rotatable bonds is 3. The van der Waals surface area contributed by atoms with Crippen LogP contribution < -0.4 is 5.73 Å². The molecule has 1 aromatic heterocycles. The Morgan fingerprint density at radius 2 is 2.11 bits per heavy atom. The van der Waals surface area contributed by atoms with Crippen LogP contribution in [0.1, 0.15) is 16.1 Å². The Kier molecular flexibility index (Phi) is 3.76. The van der Waals surface area contributed by atoms with E-state index in [-0.39, 0.29) is 12.5 Å². The Balaban J connectivity index is 2.49. The van der Waals surface area contributed by atoms with E-state index in [2.05, 4.69) is 4.98 Å². The molecular weight excluding hydrogens is 258 g/mol. The van der Waals surface area contributed by atoms with Gasteiger partial charge in [0.1, 0.15) is 0 Å². The van der Waals surface area contributed by atoms with Crippen molar-refractivity contribution in [3.8, 4) is 0 Å². The fraction of sp³-hybridized carbons (Fsp3) is 0.214. The summed E-state index contributed by atoms with van der Waals surface area (Å²) in [5, 5.41) is 0.841. The second kappa shape index (κ2) is 5.32. The lowest BCUT2D eigenvalue weighted by Crippen LogP contribution is -2.34. The summed E-state index contributed by atoms with van der Waals surface area (Å²) in [6, 6.07) is 9.38. The van der Waals surface area contributed by atoms with E-state index >= 15 is 0 Å². The minimum atomic E-state index is -0.102. The van der Waals surface area contributed by atoms with E-state index in [0.29, 0.717) is 10.6 Å². The number of hydrogen-bond donors (Lipinski definition) is 1. The zero-order chi connectivity index (χ0) is 14.0. The number of carbonyl (C=O) groups is 1. The van der Waals surface area contributed by atoms with Gasteiger partial charge in [0.05, 0.1) is 22.6 Å². The second-order valence-corrected chi connectivity index (χ2v) is 4.98. The molecule has 0 atom stereocenters. The third-order valence-corrected chi connectivity index (χ3v) is 2.94. The van der Waals surface area contributed by atoms with Crippen molar-refractivity contribution in [3.05, 3.63) is 41.6 Å². The summed E-state index contributed by atoms with van der Waals surface area (Å²) in [6.07, 6.45) is 0. The number of pyridine rings is 1. The van der Waals surface area contributed by atoms with Gasteiger partial charge in [0.15, 0.2) is 0 Å². The maximum Gasteiger partial charge on any atom is 0.254 e. The van der Waals surface area contributed by atoms with Crippen LogP contribution in [0.25, 0.3) is 10.9 Å². The number of benzene rings is 1. The standard InChI is InChI=1S/C14H15N3OS/c1-9-7-11(14(18)17(2)8-13(15)19)10-5-3-4-6-12(10)16-9/h3-7H,8H2,1-2H3,(H2,15,19). The number of aromatic nitrogens is 1. The number of nitrogens with two attached hydrogens (primary N) is 1. The van der Waals surface area contributed by atoms with Crippen LogP contribution in [-0.4, -0.2) is 34.4 Å². The molecule has 4 nitrogen and oxygen atoms in total. The molecule has 0 aliphatic heterocycles. The zero-order valence-corrected chi connectivity index (χ0v) is 11.7. The summed E-state index contributed by atoms with van der Waals surface area (Å²) in [5.74, 6) is -0.102. The minimum absolute atomic E-state index is 0.102. The summed E-state index contributed by atoms with van der Waals surface area (Å²) in [7, 11) is 1.69. The molecule has 2 aromatic rings. The molecule has 0 saturated carbocycles. The first kappa shape index (κ1) is 13.4. The molecule has 1 amide bonds. The van der Waals surface area contributed by atoms with Crippen molar-refractivity contribution in [1.82, 2.24) is 9.88 Å². The molecule has 2 N–H and O–H groups in total. The Bertz CT molecular complexity index is 654. The van der Waals surface area contributed by atoms with Crippen molar-refractivity contribution in [3.63, 3.8) is 0 Å². The molecule has 0 fully saturated rings. The van der Waals surface area contributed by atoms with Gasteiger partial charge in [-0.2, -0.15) is 0 Å². The second-order valence-electron chi connectivity index (χ2n) is 4.46. The highest BCUT2D eigenvalue weighted by atomic mass is 32.1. The molecular formula is C14H15N3OS. The van der Waals surface area contributed by atoms with Crippen LogP contribution in [0.15, 0.2) is 30.3 Å². The molecule has 19 heavy (non-hydrogen) atoms. The normalized spacial score (nSPS) is 10.4. The van der Waals surface area contributed by atoms with Gasteiger partial charge in [-0.3, -0.25) is 9.78 Å². The average molecular weight is 273 g/mol. The third kappa shape index (κ3) is 2.88. The van der Waals surface area contributed by atoms with Gasteiger partial charge in [-0.15, -0.1) is 0 Å². The van der Waals surface area contributed by atoms with Crippen LogP contribution in [0.2, 0.25) is 0 Å². The molecule has 0 aliphatic carbocycles. The number of fused-ring (bicyclic) bond motifs is 1. The molecule has 0 saturated heterocycles. The number of amides is 1. The van der Waals surface area contributed by atoms with Gasteiger partial charge in [0.25, 0.3) is 5.91 Å². The minimum Gasteiger partial charge on any atom is -0.392 e. The first-order chi connectivity index (χ1) is 8.99. The van der Waals surface area contributed by atoms with E-state index in [1.165, 1.54) is 4.90 Å². The van der Waals surface area contributed by atoms with E-state index in [9.17, 15) is 4.79 Å². The molecule has 1 heterocycles. The number of nitrogens with zero attached hydrogens (tertiary/aromatic N) is 2. The van der Waals surface area contributed by atoms with Gasteiger partial charge in [-0.05, 0) is 19.1 Å². The lowest BCUT2D eigenvalue weighted by Gasteiger charge is -2.17. The van der Waals surface area contributed by atoms with Crippen molar-refractivity contribution in [2.24, 2.45) is 5.73 Å². The Morgan fingerprint density at radius 3 is 2.79 bits per heavy atom. The van der Waals surface area contributed by atoms with Crippen LogP contribution in [0.3, 0.4) is 0 Å². The highest BCUT2D eigenvalue weighted by Crippen LogP contribution is 2.19. The lowest BCUT2D eigenvalue weighted by molar-refractivity contribution is 0.0817. The van der Waals surface area contributed by atoms with Crippen LogP contribution in [0.5, 0.6) is 0 Å². The lowest BCUT2D eigenvalue weighted by atomic mass is 10.1. The van der Waals surface area contributed by atoms with Crippen LogP contribution in [0.4, 0.5) is 0 Å². The number of aryl methyl sites for hydroxylation is 1. The zero-order valence-electron chi connectivity index (χ0n) is 10.9. The van der Waals surface area contributed by atoms with E-state index in [0.717, 1.165) is 16.6 Å². The summed E-state index contributed by atoms with van der Waals surface area (Å²) >= 11 is 4.83. The Morgan fingerprint density at radius 1 is 1.42 bits per heavy atom. The van der Waals surface area contributed by atoms with Crippen molar-refractivity contribution in [2.75, 3.05) is 13.6 Å². The molecule has 0 unspecified atom stereocenters. The molecule has 2 rings (SSSR count). The van der Waals surface area contributed by atoms with Gasteiger partial charge < -0.3 is 10.6 Å². The first-order valence-electron chi connectivity index (χ1n) is 5.89. The smallest absolute Gasteiger partial charge is 0.254 e. The first-order valence-corrected chi connectivity index (χ1v) is 6.30. The number of thiocarbonyl (C=S) groups is 1. The van der Waals surface area contributed by atoms with Crippen LogP contribution in [-0.2, 0) is 0 Å². The number of para-hydroxylation sites is 1. The van der Waals surface area contributed by atoms with Gasteiger partial charge in [0.2, 0.25) is 0 Å². The molecule has 98 valence electrons. The molecule has 0 radical (unpaired) electrons. The molecule has 0 aliphatic rings. The van der Waals surface area contributed by atoms with Crippen molar-refractivity contribution < 1.29 is 4.79 Å². The Labute approximate surface area is 117 Å². The quantitative estimate of drug-likeness (QED) is 0.868. The Hall–Kier alpha value is -2.01. The summed E-state index contributed by atoms with van der Waals surface area (Å²) in [6.45, 7) is 2.14. The van der Waals surface area contributed by atoms with E-state index < -0.39 is 0 Å². The maximum absolute atomic E-state index is 12.4. The molecule has 5 heteroatoms. The largest absolute Gasteiger partial charge is 0.392 e. The van der Waals surface area contributed by atoms with Crippen LogP contribution in [0, 0.1) is 6.92 Å². The van der Waals surface area contributed by atoms with Crippen LogP contribution >= 0.6 is 12.2 Å². The average Bonchev–Trinajstić information content (AvgIpc) is 2.36.